The Morgan fingerprint density at radius 2 is 1.77 bits per heavy atom. The van der Waals surface area contributed by atoms with E-state index in [1.807, 2.05) is 4.90 Å². The maximum absolute atomic E-state index is 2.39. The first-order valence-corrected chi connectivity index (χ1v) is 5.66. The number of rotatable bonds is 4. The van der Waals surface area contributed by atoms with Crippen molar-refractivity contribution in [2.75, 3.05) is 19.6 Å². The highest BCUT2D eigenvalue weighted by molar-refractivity contribution is 4.55. The minimum Gasteiger partial charge on any atom is -1.00 e. The van der Waals surface area contributed by atoms with Gasteiger partial charge in [-0.05, 0) is 31.6 Å². The molecule has 0 amide bonds. The molecule has 0 bridgehead atoms. The second-order valence-corrected chi connectivity index (χ2v) is 4.39. The van der Waals surface area contributed by atoms with E-state index in [-0.39, 0.29) is 12.4 Å². The molecule has 1 nitrogen and oxygen atoms in total. The fourth-order valence-corrected chi connectivity index (χ4v) is 2.05. The molecule has 0 aromatic heterocycles. The highest BCUT2D eigenvalue weighted by Gasteiger charge is 2.17. The van der Waals surface area contributed by atoms with Crippen molar-refractivity contribution in [1.29, 1.82) is 0 Å². The zero-order chi connectivity index (χ0) is 8.81. The molecule has 0 saturated carbocycles. The summed E-state index contributed by atoms with van der Waals surface area (Å²) < 4.78 is 0. The number of hydrogen-bond donors (Lipinski definition) is 1. The van der Waals surface area contributed by atoms with Crippen molar-refractivity contribution in [3.05, 3.63) is 0 Å². The lowest BCUT2D eigenvalue weighted by Crippen LogP contribution is -3.13. The van der Waals surface area contributed by atoms with Crippen molar-refractivity contribution in [3.8, 4) is 0 Å². The molecule has 80 valence electrons. The second kappa shape index (κ2) is 7.64. The van der Waals surface area contributed by atoms with Crippen LogP contribution in [0.4, 0.5) is 0 Å². The number of nitrogens with one attached hydrogen (secondary N) is 1. The van der Waals surface area contributed by atoms with E-state index in [4.69, 9.17) is 0 Å². The lowest BCUT2D eigenvalue weighted by Gasteiger charge is -2.27. The molecule has 0 atom stereocenters. The van der Waals surface area contributed by atoms with E-state index in [2.05, 4.69) is 13.8 Å². The van der Waals surface area contributed by atoms with Crippen LogP contribution in [0.25, 0.3) is 0 Å². The van der Waals surface area contributed by atoms with Crippen molar-refractivity contribution in [2.45, 2.75) is 46.0 Å². The minimum absolute atomic E-state index is 0. The van der Waals surface area contributed by atoms with E-state index in [0.717, 1.165) is 5.92 Å². The zero-order valence-corrected chi connectivity index (χ0v) is 9.87. The molecule has 1 N–H and O–H groups in total. The highest BCUT2D eigenvalue weighted by Crippen LogP contribution is 2.06. The third kappa shape index (κ3) is 5.53. The Morgan fingerprint density at radius 1 is 1.15 bits per heavy atom. The van der Waals surface area contributed by atoms with Gasteiger partial charge in [-0.1, -0.05) is 20.3 Å². The van der Waals surface area contributed by atoms with Gasteiger partial charge in [0.1, 0.15) is 0 Å². The first-order valence-electron chi connectivity index (χ1n) is 5.66. The molecule has 2 heteroatoms. The Hall–Kier alpha value is 0.250. The summed E-state index contributed by atoms with van der Waals surface area (Å²) in [6, 6.07) is 0. The molecular weight excluding hydrogens is 182 g/mol. The fourth-order valence-electron chi connectivity index (χ4n) is 2.05. The summed E-state index contributed by atoms with van der Waals surface area (Å²) in [5.41, 5.74) is 0. The van der Waals surface area contributed by atoms with Gasteiger partial charge in [-0.25, -0.2) is 0 Å². The maximum atomic E-state index is 2.39. The molecule has 0 aliphatic carbocycles. The zero-order valence-electron chi connectivity index (χ0n) is 9.11. The summed E-state index contributed by atoms with van der Waals surface area (Å²) in [6.45, 7) is 8.98. The summed E-state index contributed by atoms with van der Waals surface area (Å²) in [7, 11) is 0. The van der Waals surface area contributed by atoms with E-state index >= 15 is 0 Å². The lowest BCUT2D eigenvalue weighted by molar-refractivity contribution is -0.906. The number of hydrogen-bond acceptors (Lipinski definition) is 0. The van der Waals surface area contributed by atoms with Crippen LogP contribution in [0.5, 0.6) is 0 Å². The first-order chi connectivity index (χ1) is 5.83. The third-order valence-electron chi connectivity index (χ3n) is 3.12. The number of unbranched alkanes of at least 4 members (excludes halogenated alkanes) is 2. The number of quaternary nitrogens is 1. The van der Waals surface area contributed by atoms with Crippen LogP contribution >= 0.6 is 0 Å². The normalized spacial score (nSPS) is 28.2. The third-order valence-corrected chi connectivity index (χ3v) is 3.12. The van der Waals surface area contributed by atoms with Crippen LogP contribution in [0.15, 0.2) is 0 Å². The van der Waals surface area contributed by atoms with Crippen molar-refractivity contribution in [1.82, 2.24) is 0 Å². The van der Waals surface area contributed by atoms with Crippen LogP contribution in [-0.2, 0) is 0 Å². The summed E-state index contributed by atoms with van der Waals surface area (Å²) >= 11 is 0. The molecule has 0 aromatic rings. The van der Waals surface area contributed by atoms with Crippen LogP contribution < -0.4 is 17.3 Å². The van der Waals surface area contributed by atoms with Gasteiger partial charge in [0.25, 0.3) is 0 Å². The van der Waals surface area contributed by atoms with Crippen LogP contribution in [-0.4, -0.2) is 19.6 Å². The Balaban J connectivity index is 0.00000144. The SMILES string of the molecule is CCCCC[NH+]1CCC(C)CC1.[Cl-]. The van der Waals surface area contributed by atoms with E-state index in [9.17, 15) is 0 Å². The van der Waals surface area contributed by atoms with Gasteiger partial charge >= 0.3 is 0 Å². The molecule has 1 heterocycles. The summed E-state index contributed by atoms with van der Waals surface area (Å²) in [5.74, 6) is 1.000. The minimum atomic E-state index is 0. The summed E-state index contributed by atoms with van der Waals surface area (Å²) in [5, 5.41) is 0. The Morgan fingerprint density at radius 3 is 2.31 bits per heavy atom. The van der Waals surface area contributed by atoms with E-state index in [1.165, 1.54) is 51.7 Å². The quantitative estimate of drug-likeness (QED) is 0.533. The molecule has 0 radical (unpaired) electrons. The van der Waals surface area contributed by atoms with E-state index in [0.29, 0.717) is 0 Å². The van der Waals surface area contributed by atoms with Crippen LogP contribution in [0, 0.1) is 5.92 Å². The van der Waals surface area contributed by atoms with Gasteiger partial charge in [0.15, 0.2) is 0 Å². The average Bonchev–Trinajstić information content (AvgIpc) is 2.09. The van der Waals surface area contributed by atoms with Crippen molar-refractivity contribution in [3.63, 3.8) is 0 Å². The monoisotopic (exact) mass is 205 g/mol. The number of halogens is 1. The van der Waals surface area contributed by atoms with E-state index in [1.54, 1.807) is 0 Å². The van der Waals surface area contributed by atoms with Gasteiger partial charge in [-0.15, -0.1) is 0 Å². The molecule has 13 heavy (non-hydrogen) atoms. The van der Waals surface area contributed by atoms with Gasteiger partial charge in [-0.3, -0.25) is 0 Å². The lowest BCUT2D eigenvalue weighted by atomic mass is 9.99. The number of piperidine rings is 1. The largest absolute Gasteiger partial charge is 1.00 e. The topological polar surface area (TPSA) is 4.44 Å². The Bertz CT molecular complexity index is 109. The standard InChI is InChI=1S/C11H23N.ClH/c1-3-4-5-8-12-9-6-11(2)7-10-12;/h11H,3-10H2,1-2H3;1H. The van der Waals surface area contributed by atoms with Gasteiger partial charge in [0.2, 0.25) is 0 Å². The Labute approximate surface area is 89.3 Å². The van der Waals surface area contributed by atoms with Gasteiger partial charge in [0, 0.05) is 0 Å². The predicted molar refractivity (Wildman–Crippen MR) is 53.5 cm³/mol. The smallest absolute Gasteiger partial charge is 0.0773 e. The summed E-state index contributed by atoms with van der Waals surface area (Å²) in [4.78, 5) is 1.86. The maximum Gasteiger partial charge on any atom is 0.0773 e. The molecule has 1 rings (SSSR count). The Kier molecular flexibility index (Phi) is 7.78. The van der Waals surface area contributed by atoms with Crippen molar-refractivity contribution < 1.29 is 17.3 Å². The second-order valence-electron chi connectivity index (χ2n) is 4.39. The molecule has 1 aliphatic rings. The molecule has 1 saturated heterocycles. The highest BCUT2D eigenvalue weighted by atomic mass is 35.5. The van der Waals surface area contributed by atoms with Gasteiger partial charge < -0.3 is 17.3 Å². The number of likely N-dealkylation sites (tertiary alicyclic amines) is 1. The summed E-state index contributed by atoms with van der Waals surface area (Å²) in [6.07, 6.45) is 7.16. The fraction of sp³-hybridized carbons (Fsp3) is 1.00. The van der Waals surface area contributed by atoms with Gasteiger partial charge in [0.05, 0.1) is 19.6 Å². The molecule has 0 unspecified atom stereocenters. The molecular formula is C11H24ClN. The average molecular weight is 206 g/mol. The van der Waals surface area contributed by atoms with Gasteiger partial charge in [-0.2, -0.15) is 0 Å². The van der Waals surface area contributed by atoms with Crippen LogP contribution in [0.3, 0.4) is 0 Å². The van der Waals surface area contributed by atoms with Crippen molar-refractivity contribution >= 4 is 0 Å². The molecule has 1 aliphatic heterocycles. The molecule has 0 spiro atoms. The van der Waals surface area contributed by atoms with Crippen LogP contribution in [0.1, 0.15) is 46.0 Å². The molecule has 0 aromatic carbocycles. The van der Waals surface area contributed by atoms with E-state index < -0.39 is 0 Å². The van der Waals surface area contributed by atoms with Crippen molar-refractivity contribution in [2.24, 2.45) is 5.92 Å². The molecule has 1 fully saturated rings. The predicted octanol–water partition coefficient (Wildman–Crippen LogP) is -1.50. The van der Waals surface area contributed by atoms with Crippen LogP contribution in [0.2, 0.25) is 0 Å². The first kappa shape index (κ1) is 13.2.